The Balaban J connectivity index is 1.55. The van der Waals surface area contributed by atoms with Crippen LogP contribution in [-0.2, 0) is 14.3 Å². The Kier molecular flexibility index (Phi) is 5.87. The molecule has 1 saturated heterocycles. The topological polar surface area (TPSA) is 112 Å². The van der Waals surface area contributed by atoms with Gasteiger partial charge >= 0.3 is 5.97 Å². The summed E-state index contributed by atoms with van der Waals surface area (Å²) in [5, 5.41) is 10.6. The standard InChI is InChI=1S/C21H25ClN4O4/c1-2-21(12-27)15(29-17(28)10-13-6-4-3-5-7-13)11-16(30-21)26-9-8-14-18(23)24-20(22)25-19(14)26/h1,8-9,13,15-16,27H,3-7,10-12H2,(H2,23,24,25)/t15-,16+,21+/m0/s1. The molecule has 2 fully saturated rings. The van der Waals surface area contributed by atoms with Crippen LogP contribution in [0.25, 0.3) is 11.0 Å². The molecule has 0 spiro atoms. The van der Waals surface area contributed by atoms with Gasteiger partial charge in [-0.1, -0.05) is 25.2 Å². The number of ether oxygens (including phenoxy) is 2. The molecule has 0 radical (unpaired) electrons. The maximum atomic E-state index is 12.6. The molecule has 0 unspecified atom stereocenters. The SMILES string of the molecule is C#C[C@]1(CO)O[C@@H](n2ccc3c(N)nc(Cl)nc32)C[C@@H]1OC(=O)CC1CCCCC1. The quantitative estimate of drug-likeness (QED) is 0.424. The number of fused-ring (bicyclic) bond motifs is 1. The molecule has 2 aromatic rings. The summed E-state index contributed by atoms with van der Waals surface area (Å²) in [6, 6.07) is 1.75. The molecule has 4 rings (SSSR count). The first-order valence-corrected chi connectivity index (χ1v) is 10.6. The molecule has 9 heteroatoms. The Morgan fingerprint density at radius 1 is 1.43 bits per heavy atom. The van der Waals surface area contributed by atoms with Crippen molar-refractivity contribution in [2.75, 3.05) is 12.3 Å². The lowest BCUT2D eigenvalue weighted by Gasteiger charge is -2.28. The normalized spacial score (nSPS) is 27.2. The van der Waals surface area contributed by atoms with Crippen molar-refractivity contribution >= 4 is 34.4 Å². The van der Waals surface area contributed by atoms with E-state index in [2.05, 4.69) is 15.9 Å². The minimum atomic E-state index is -1.42. The number of anilines is 1. The molecule has 160 valence electrons. The van der Waals surface area contributed by atoms with Crippen LogP contribution in [0.15, 0.2) is 12.3 Å². The highest BCUT2D eigenvalue weighted by Crippen LogP contribution is 2.40. The van der Waals surface area contributed by atoms with Crippen molar-refractivity contribution in [3.63, 3.8) is 0 Å². The maximum absolute atomic E-state index is 12.6. The number of nitrogens with two attached hydrogens (primary N) is 1. The fourth-order valence-corrected chi connectivity index (χ4v) is 4.63. The number of nitrogen functional groups attached to an aromatic ring is 1. The zero-order valence-corrected chi connectivity index (χ0v) is 17.3. The third-order valence-electron chi connectivity index (χ3n) is 6.10. The number of aliphatic hydroxyl groups excluding tert-OH is 1. The summed E-state index contributed by atoms with van der Waals surface area (Å²) in [7, 11) is 0. The van der Waals surface area contributed by atoms with E-state index in [0.29, 0.717) is 23.4 Å². The molecule has 2 aromatic heterocycles. The van der Waals surface area contributed by atoms with Crippen LogP contribution < -0.4 is 5.73 Å². The molecule has 1 aliphatic heterocycles. The van der Waals surface area contributed by atoms with E-state index in [-0.39, 0.29) is 23.5 Å². The first-order chi connectivity index (χ1) is 14.5. The van der Waals surface area contributed by atoms with Gasteiger partial charge in [0.2, 0.25) is 5.28 Å². The van der Waals surface area contributed by atoms with Crippen LogP contribution in [0.3, 0.4) is 0 Å². The smallest absolute Gasteiger partial charge is 0.306 e. The Morgan fingerprint density at radius 3 is 2.90 bits per heavy atom. The average Bonchev–Trinajstić information content (AvgIpc) is 3.30. The molecule has 8 nitrogen and oxygen atoms in total. The first kappa shape index (κ1) is 20.9. The van der Waals surface area contributed by atoms with Crippen molar-refractivity contribution in [1.82, 2.24) is 14.5 Å². The number of terminal acetylenes is 1. The van der Waals surface area contributed by atoms with Crippen molar-refractivity contribution in [3.05, 3.63) is 17.5 Å². The third-order valence-corrected chi connectivity index (χ3v) is 6.27. The zero-order chi connectivity index (χ0) is 21.3. The lowest BCUT2D eigenvalue weighted by atomic mass is 9.87. The van der Waals surface area contributed by atoms with Crippen molar-refractivity contribution < 1.29 is 19.4 Å². The van der Waals surface area contributed by atoms with Crippen molar-refractivity contribution in [1.29, 1.82) is 0 Å². The minimum absolute atomic E-state index is 0.0128. The Morgan fingerprint density at radius 2 is 2.20 bits per heavy atom. The van der Waals surface area contributed by atoms with Crippen LogP contribution in [0, 0.1) is 18.3 Å². The fraction of sp³-hybridized carbons (Fsp3) is 0.571. The van der Waals surface area contributed by atoms with E-state index in [1.54, 1.807) is 16.8 Å². The van der Waals surface area contributed by atoms with Crippen molar-refractivity contribution in [2.24, 2.45) is 5.92 Å². The molecule has 0 bridgehead atoms. The number of hydrogen-bond acceptors (Lipinski definition) is 7. The highest BCUT2D eigenvalue weighted by atomic mass is 35.5. The molecule has 3 N–H and O–H groups in total. The van der Waals surface area contributed by atoms with E-state index >= 15 is 0 Å². The second-order valence-electron chi connectivity index (χ2n) is 8.02. The van der Waals surface area contributed by atoms with Gasteiger partial charge in [0.15, 0.2) is 5.60 Å². The van der Waals surface area contributed by atoms with Crippen LogP contribution >= 0.6 is 11.6 Å². The summed E-state index contributed by atoms with van der Waals surface area (Å²) in [6.07, 6.45) is 12.3. The van der Waals surface area contributed by atoms with Crippen molar-refractivity contribution in [2.45, 2.75) is 62.9 Å². The molecule has 0 amide bonds. The molecule has 2 aliphatic rings. The van der Waals surface area contributed by atoms with Gasteiger partial charge in [0.1, 0.15) is 23.8 Å². The molecule has 0 aromatic carbocycles. The Hall–Kier alpha value is -2.34. The lowest BCUT2D eigenvalue weighted by molar-refractivity contribution is -0.160. The number of carbonyl (C=O) groups excluding carboxylic acids is 1. The van der Waals surface area contributed by atoms with Crippen LogP contribution in [0.1, 0.15) is 51.2 Å². The summed E-state index contributed by atoms with van der Waals surface area (Å²) in [5.74, 6) is 2.79. The molecule has 3 heterocycles. The van der Waals surface area contributed by atoms with E-state index in [9.17, 15) is 9.90 Å². The molecule has 1 aliphatic carbocycles. The molecule has 1 saturated carbocycles. The van der Waals surface area contributed by atoms with Crippen LogP contribution in [-0.4, -0.2) is 43.9 Å². The third kappa shape index (κ3) is 3.85. The summed E-state index contributed by atoms with van der Waals surface area (Å²) in [6.45, 7) is -0.474. The van der Waals surface area contributed by atoms with Crippen LogP contribution in [0.5, 0.6) is 0 Å². The van der Waals surface area contributed by atoms with Gasteiger partial charge in [-0.05, 0) is 36.4 Å². The number of carbonyl (C=O) groups is 1. The largest absolute Gasteiger partial charge is 0.458 e. The Bertz CT molecular complexity index is 981. The molecule has 3 atom stereocenters. The van der Waals surface area contributed by atoms with E-state index in [4.69, 9.17) is 33.2 Å². The number of esters is 1. The lowest BCUT2D eigenvalue weighted by Crippen LogP contribution is -2.44. The number of rotatable bonds is 5. The highest BCUT2D eigenvalue weighted by Gasteiger charge is 2.51. The predicted octanol–water partition coefficient (Wildman–Crippen LogP) is 2.83. The molecular weight excluding hydrogens is 408 g/mol. The first-order valence-electron chi connectivity index (χ1n) is 10.2. The molecular formula is C21H25ClN4O4. The van der Waals surface area contributed by atoms with E-state index in [1.165, 1.54) is 6.42 Å². The highest BCUT2D eigenvalue weighted by molar-refractivity contribution is 6.28. The number of aromatic nitrogens is 3. The number of aliphatic hydroxyl groups is 1. The second kappa shape index (κ2) is 8.42. The van der Waals surface area contributed by atoms with Gasteiger partial charge < -0.3 is 24.9 Å². The average molecular weight is 433 g/mol. The molecule has 30 heavy (non-hydrogen) atoms. The van der Waals surface area contributed by atoms with Crippen molar-refractivity contribution in [3.8, 4) is 12.3 Å². The predicted molar refractivity (Wildman–Crippen MR) is 111 cm³/mol. The van der Waals surface area contributed by atoms with E-state index in [0.717, 1.165) is 25.7 Å². The van der Waals surface area contributed by atoms with Crippen LogP contribution in [0.2, 0.25) is 5.28 Å². The van der Waals surface area contributed by atoms with Gasteiger partial charge in [0.25, 0.3) is 0 Å². The Labute approximate surface area is 179 Å². The fourth-order valence-electron chi connectivity index (χ4n) is 4.46. The van der Waals surface area contributed by atoms with Gasteiger partial charge in [-0.25, -0.2) is 4.98 Å². The van der Waals surface area contributed by atoms with Gasteiger partial charge in [-0.2, -0.15) is 4.98 Å². The van der Waals surface area contributed by atoms with Gasteiger partial charge in [-0.15, -0.1) is 6.42 Å². The number of hydrogen-bond donors (Lipinski definition) is 2. The summed E-state index contributed by atoms with van der Waals surface area (Å²) >= 11 is 5.96. The van der Waals surface area contributed by atoms with Crippen LogP contribution in [0.4, 0.5) is 5.82 Å². The summed E-state index contributed by atoms with van der Waals surface area (Å²) in [5.41, 5.74) is 4.98. The maximum Gasteiger partial charge on any atom is 0.306 e. The number of nitrogens with zero attached hydrogens (tertiary/aromatic N) is 3. The van der Waals surface area contributed by atoms with Gasteiger partial charge in [-0.3, -0.25) is 4.79 Å². The van der Waals surface area contributed by atoms with Gasteiger partial charge in [0.05, 0.1) is 12.0 Å². The van der Waals surface area contributed by atoms with Gasteiger partial charge in [0, 0.05) is 19.0 Å². The van der Waals surface area contributed by atoms with E-state index < -0.39 is 24.5 Å². The second-order valence-corrected chi connectivity index (χ2v) is 8.36. The monoisotopic (exact) mass is 432 g/mol. The summed E-state index contributed by atoms with van der Waals surface area (Å²) in [4.78, 5) is 20.8. The number of halogens is 1. The zero-order valence-electron chi connectivity index (χ0n) is 16.6. The van der Waals surface area contributed by atoms with E-state index in [1.807, 2.05) is 0 Å². The minimum Gasteiger partial charge on any atom is -0.458 e. The summed E-state index contributed by atoms with van der Waals surface area (Å²) < 4.78 is 13.5.